The van der Waals surface area contributed by atoms with Gasteiger partial charge in [-0.15, -0.1) is 22.7 Å². The van der Waals surface area contributed by atoms with Crippen LogP contribution in [-0.4, -0.2) is 22.2 Å². The van der Waals surface area contributed by atoms with Crippen molar-refractivity contribution in [2.45, 2.75) is 0 Å². The molecule has 2 N–H and O–H groups in total. The number of thiophene rings is 2. The summed E-state index contributed by atoms with van der Waals surface area (Å²) in [5, 5.41) is 18.5. The van der Waals surface area contributed by atoms with E-state index >= 15 is 0 Å². The second-order valence-corrected chi connectivity index (χ2v) is 7.13. The highest BCUT2D eigenvalue weighted by Gasteiger charge is 2.04. The molecule has 2 heterocycles. The van der Waals surface area contributed by atoms with Gasteiger partial charge in [0, 0.05) is 9.85 Å². The summed E-state index contributed by atoms with van der Waals surface area (Å²) in [6.07, 6.45) is 0. The lowest BCUT2D eigenvalue weighted by molar-refractivity contribution is 0.0691. The maximum atomic E-state index is 10.2. The van der Waals surface area contributed by atoms with Crippen LogP contribution in [0.5, 0.6) is 0 Å². The van der Waals surface area contributed by atoms with Crippen molar-refractivity contribution in [3.63, 3.8) is 0 Å². The molecule has 0 atom stereocenters. The number of hydrogen-bond donors (Lipinski definition) is 2. The van der Waals surface area contributed by atoms with E-state index in [1.165, 1.54) is 22.7 Å². The van der Waals surface area contributed by atoms with Crippen LogP contribution in [0.1, 0.15) is 19.3 Å². The van der Waals surface area contributed by atoms with E-state index in [1.54, 1.807) is 23.6 Å². The van der Waals surface area contributed by atoms with Crippen LogP contribution in [0.25, 0.3) is 0 Å². The van der Waals surface area contributed by atoms with Crippen LogP contribution in [0.2, 0.25) is 0 Å². The van der Waals surface area contributed by atoms with Gasteiger partial charge in [0.2, 0.25) is 0 Å². The minimum absolute atomic E-state index is 0.363. The number of rotatable bonds is 2. The van der Waals surface area contributed by atoms with E-state index < -0.39 is 11.9 Å². The van der Waals surface area contributed by atoms with E-state index in [-0.39, 0.29) is 0 Å². The Kier molecular flexibility index (Phi) is 6.00. The summed E-state index contributed by atoms with van der Waals surface area (Å²) in [5.41, 5.74) is 0. The lowest BCUT2D eigenvalue weighted by Crippen LogP contribution is -1.89. The van der Waals surface area contributed by atoms with Gasteiger partial charge in [-0.1, -0.05) is 0 Å². The SMILES string of the molecule is O=C(O)c1cc(Br)cs1.O=C(O)c1ccc(Br)s1. The van der Waals surface area contributed by atoms with Crippen molar-refractivity contribution >= 4 is 66.5 Å². The molecule has 0 saturated carbocycles. The molecule has 0 aliphatic heterocycles. The van der Waals surface area contributed by atoms with Gasteiger partial charge in [0.05, 0.1) is 3.79 Å². The van der Waals surface area contributed by atoms with Crippen molar-refractivity contribution in [1.82, 2.24) is 0 Å². The molecule has 0 spiro atoms. The Morgan fingerprint density at radius 3 is 1.89 bits per heavy atom. The largest absolute Gasteiger partial charge is 0.477 e. The number of carboxylic acid groups (broad SMARTS) is 2. The van der Waals surface area contributed by atoms with Crippen molar-refractivity contribution in [3.8, 4) is 0 Å². The summed E-state index contributed by atoms with van der Waals surface area (Å²) in [6.45, 7) is 0. The molecule has 0 aromatic carbocycles. The van der Waals surface area contributed by atoms with E-state index in [1.807, 2.05) is 0 Å². The molecule has 0 aliphatic rings. The predicted molar refractivity (Wildman–Crippen MR) is 78.0 cm³/mol. The predicted octanol–water partition coefficient (Wildman–Crippen LogP) is 4.42. The van der Waals surface area contributed by atoms with Crippen molar-refractivity contribution in [2.75, 3.05) is 0 Å². The summed E-state index contributed by atoms with van der Waals surface area (Å²) in [5.74, 6) is -1.74. The zero-order valence-corrected chi connectivity index (χ0v) is 13.4. The Labute approximate surface area is 127 Å². The van der Waals surface area contributed by atoms with E-state index in [2.05, 4.69) is 31.9 Å². The van der Waals surface area contributed by atoms with E-state index in [0.29, 0.717) is 9.75 Å². The first-order chi connectivity index (χ1) is 8.40. The highest BCUT2D eigenvalue weighted by atomic mass is 79.9. The standard InChI is InChI=1S/2C5H3BrO2S/c6-3-1-4(5(7)8)9-2-3;6-4-2-1-3(9-4)5(7)8/h2*1-2H,(H,7,8). The monoisotopic (exact) mass is 412 g/mol. The Morgan fingerprint density at radius 2 is 1.67 bits per heavy atom. The van der Waals surface area contributed by atoms with Gasteiger partial charge >= 0.3 is 11.9 Å². The number of aromatic carboxylic acids is 2. The van der Waals surface area contributed by atoms with Gasteiger partial charge in [-0.3, -0.25) is 0 Å². The zero-order valence-electron chi connectivity index (χ0n) is 8.59. The number of carboxylic acids is 2. The molecule has 0 unspecified atom stereocenters. The quantitative estimate of drug-likeness (QED) is 0.764. The molecule has 8 heteroatoms. The third-order valence-corrected chi connectivity index (χ3v) is 4.85. The van der Waals surface area contributed by atoms with Crippen LogP contribution >= 0.6 is 54.5 Å². The number of halogens is 2. The third-order valence-electron chi connectivity index (χ3n) is 1.56. The van der Waals surface area contributed by atoms with Gasteiger partial charge in [-0.05, 0) is 50.1 Å². The Bertz CT molecular complexity index is 511. The average molecular weight is 414 g/mol. The summed E-state index contributed by atoms with van der Waals surface area (Å²) in [6, 6.07) is 4.86. The first kappa shape index (κ1) is 15.4. The fourth-order valence-electron chi connectivity index (χ4n) is 0.854. The fourth-order valence-corrected chi connectivity index (χ4v) is 3.34. The Hall–Kier alpha value is -0.700. The molecule has 0 bridgehead atoms. The Morgan fingerprint density at radius 1 is 1.06 bits per heavy atom. The highest BCUT2D eigenvalue weighted by Crippen LogP contribution is 2.21. The smallest absolute Gasteiger partial charge is 0.345 e. The Balaban J connectivity index is 0.000000180. The number of hydrogen-bond acceptors (Lipinski definition) is 4. The van der Waals surface area contributed by atoms with Crippen LogP contribution < -0.4 is 0 Å². The molecule has 0 saturated heterocycles. The van der Waals surface area contributed by atoms with E-state index in [0.717, 1.165) is 8.26 Å². The molecule has 0 radical (unpaired) electrons. The van der Waals surface area contributed by atoms with Gasteiger partial charge in [-0.2, -0.15) is 0 Å². The minimum Gasteiger partial charge on any atom is -0.477 e. The van der Waals surface area contributed by atoms with Crippen molar-refractivity contribution in [2.24, 2.45) is 0 Å². The van der Waals surface area contributed by atoms with E-state index in [9.17, 15) is 9.59 Å². The lowest BCUT2D eigenvalue weighted by Gasteiger charge is -1.79. The van der Waals surface area contributed by atoms with Gasteiger partial charge in [0.25, 0.3) is 0 Å². The molecule has 2 aromatic heterocycles. The van der Waals surface area contributed by atoms with Crippen molar-refractivity contribution in [1.29, 1.82) is 0 Å². The lowest BCUT2D eigenvalue weighted by atomic mass is 10.5. The second-order valence-electron chi connectivity index (χ2n) is 2.84. The van der Waals surface area contributed by atoms with Gasteiger partial charge in [-0.25, -0.2) is 9.59 Å². The second kappa shape index (κ2) is 7.03. The van der Waals surface area contributed by atoms with Crippen molar-refractivity contribution < 1.29 is 19.8 Å². The van der Waals surface area contributed by atoms with Gasteiger partial charge < -0.3 is 10.2 Å². The fraction of sp³-hybridized carbons (Fsp3) is 0. The van der Waals surface area contributed by atoms with Crippen molar-refractivity contribution in [3.05, 3.63) is 41.6 Å². The minimum atomic E-state index is -0.870. The molecule has 18 heavy (non-hydrogen) atoms. The van der Waals surface area contributed by atoms with Crippen LogP contribution in [0, 0.1) is 0 Å². The summed E-state index contributed by atoms with van der Waals surface area (Å²) >= 11 is 8.73. The first-order valence-electron chi connectivity index (χ1n) is 4.36. The first-order valence-corrected chi connectivity index (χ1v) is 7.64. The zero-order chi connectivity index (χ0) is 13.7. The molecule has 0 fully saturated rings. The topological polar surface area (TPSA) is 74.6 Å². The molecule has 4 nitrogen and oxygen atoms in total. The molecule has 2 rings (SSSR count). The molecular weight excluding hydrogens is 408 g/mol. The normalized spacial score (nSPS) is 9.44. The van der Waals surface area contributed by atoms with Crippen LogP contribution in [0.4, 0.5) is 0 Å². The van der Waals surface area contributed by atoms with Crippen LogP contribution in [-0.2, 0) is 0 Å². The average Bonchev–Trinajstić information content (AvgIpc) is 2.88. The van der Waals surface area contributed by atoms with E-state index in [4.69, 9.17) is 10.2 Å². The highest BCUT2D eigenvalue weighted by molar-refractivity contribution is 9.11. The third kappa shape index (κ3) is 4.89. The van der Waals surface area contributed by atoms with Crippen LogP contribution in [0.3, 0.4) is 0 Å². The molecule has 0 amide bonds. The molecule has 2 aromatic rings. The van der Waals surface area contributed by atoms with Gasteiger partial charge in [0.1, 0.15) is 9.75 Å². The summed E-state index contributed by atoms with van der Waals surface area (Å²) in [7, 11) is 0. The molecular formula is C10H6Br2O4S2. The van der Waals surface area contributed by atoms with Crippen LogP contribution in [0.15, 0.2) is 31.8 Å². The number of carbonyl (C=O) groups is 2. The van der Waals surface area contributed by atoms with Gasteiger partial charge in [0.15, 0.2) is 0 Å². The summed E-state index contributed by atoms with van der Waals surface area (Å²) < 4.78 is 1.67. The maximum absolute atomic E-state index is 10.2. The molecule has 96 valence electrons. The maximum Gasteiger partial charge on any atom is 0.345 e. The summed E-state index contributed by atoms with van der Waals surface area (Å²) in [4.78, 5) is 21.1. The molecule has 0 aliphatic carbocycles.